The van der Waals surface area contributed by atoms with Gasteiger partial charge in [0.15, 0.2) is 6.10 Å². The molecule has 1 atom stereocenters. The smallest absolute Gasteiger partial charge is 0.306 e. The van der Waals surface area contributed by atoms with Gasteiger partial charge in [-0.3, -0.25) is 14.4 Å². The summed E-state index contributed by atoms with van der Waals surface area (Å²) in [4.78, 5) is 37.7. The molecule has 0 fully saturated rings. The second kappa shape index (κ2) is 46.5. The molecule has 0 heterocycles. The van der Waals surface area contributed by atoms with E-state index in [4.69, 9.17) is 14.2 Å². The van der Waals surface area contributed by atoms with Crippen molar-refractivity contribution < 1.29 is 28.6 Å². The molecule has 0 saturated carbocycles. The molecule has 0 spiro atoms. The van der Waals surface area contributed by atoms with Crippen molar-refractivity contribution in [2.75, 3.05) is 13.2 Å². The molecule has 0 amide bonds. The van der Waals surface area contributed by atoms with E-state index in [2.05, 4.69) is 118 Å². The minimum atomic E-state index is -0.846. The fraction of sp³-hybridized carbons (Fsp3) is 0.566. The summed E-state index contributed by atoms with van der Waals surface area (Å²) in [6.45, 7) is 6.22. The van der Waals surface area contributed by atoms with Crippen molar-refractivity contribution in [1.82, 2.24) is 0 Å². The highest BCUT2D eigenvalue weighted by Gasteiger charge is 2.19. The summed E-state index contributed by atoms with van der Waals surface area (Å²) in [5.74, 6) is -1.12. The summed E-state index contributed by atoms with van der Waals surface area (Å²) in [5.41, 5.74) is 0. The van der Waals surface area contributed by atoms with Crippen LogP contribution in [0.2, 0.25) is 0 Å². The molecule has 0 aliphatic carbocycles. The Kier molecular flexibility index (Phi) is 43.2. The second-order valence-corrected chi connectivity index (χ2v) is 14.5. The summed E-state index contributed by atoms with van der Waals surface area (Å²) in [7, 11) is 0. The Morgan fingerprint density at radius 1 is 0.356 bits per heavy atom. The van der Waals surface area contributed by atoms with Crippen LogP contribution >= 0.6 is 0 Å². The van der Waals surface area contributed by atoms with Crippen LogP contribution in [0.4, 0.5) is 0 Å². The highest BCUT2D eigenvalue weighted by Crippen LogP contribution is 2.12. The number of rotatable bonds is 39. The Morgan fingerprint density at radius 3 is 1.03 bits per heavy atom. The maximum atomic E-state index is 12.7. The number of carbonyl (C=O) groups excluding carboxylic acids is 3. The molecule has 0 bridgehead atoms. The molecule has 0 aromatic heterocycles. The van der Waals surface area contributed by atoms with Crippen LogP contribution < -0.4 is 0 Å². The molecule has 6 heteroatoms. The topological polar surface area (TPSA) is 78.9 Å². The third-order valence-electron chi connectivity index (χ3n) is 8.99. The molecule has 0 saturated heterocycles. The van der Waals surface area contributed by atoms with Crippen molar-refractivity contribution in [1.29, 1.82) is 0 Å². The lowest BCUT2D eigenvalue weighted by molar-refractivity contribution is -0.166. The van der Waals surface area contributed by atoms with E-state index in [1.807, 2.05) is 24.3 Å². The van der Waals surface area contributed by atoms with Crippen molar-refractivity contribution in [3.63, 3.8) is 0 Å². The van der Waals surface area contributed by atoms with Crippen LogP contribution in [0.5, 0.6) is 0 Å². The van der Waals surface area contributed by atoms with Gasteiger partial charge in [-0.2, -0.15) is 0 Å². The number of carbonyl (C=O) groups is 3. The maximum absolute atomic E-state index is 12.7. The zero-order valence-electron chi connectivity index (χ0n) is 37.5. The molecule has 0 aromatic carbocycles. The molecule has 0 aromatic rings. The largest absolute Gasteiger partial charge is 0.462 e. The van der Waals surface area contributed by atoms with Crippen molar-refractivity contribution in [3.8, 4) is 0 Å². The zero-order chi connectivity index (χ0) is 43.0. The minimum Gasteiger partial charge on any atom is -0.462 e. The molecule has 0 aliphatic rings. The fourth-order valence-electron chi connectivity index (χ4n) is 5.60. The van der Waals surface area contributed by atoms with E-state index in [0.717, 1.165) is 83.5 Å². The van der Waals surface area contributed by atoms with Crippen LogP contribution in [0.3, 0.4) is 0 Å². The highest BCUT2D eigenvalue weighted by atomic mass is 16.6. The highest BCUT2D eigenvalue weighted by molar-refractivity contribution is 5.71. The van der Waals surface area contributed by atoms with E-state index in [0.29, 0.717) is 19.3 Å². The first-order valence-electron chi connectivity index (χ1n) is 23.0. The monoisotopic (exact) mass is 815 g/mol. The van der Waals surface area contributed by atoms with Gasteiger partial charge in [-0.05, 0) is 83.5 Å². The van der Waals surface area contributed by atoms with Crippen LogP contribution in [0.15, 0.2) is 122 Å². The minimum absolute atomic E-state index is 0.133. The van der Waals surface area contributed by atoms with E-state index in [9.17, 15) is 14.4 Å². The van der Waals surface area contributed by atoms with Gasteiger partial charge >= 0.3 is 17.9 Å². The Bertz CT molecular complexity index is 1300. The van der Waals surface area contributed by atoms with Crippen LogP contribution in [0.25, 0.3) is 0 Å². The van der Waals surface area contributed by atoms with Gasteiger partial charge in [0.05, 0.1) is 0 Å². The molecule has 6 nitrogen and oxygen atoms in total. The SMILES string of the molecule is CC/C=C\C/C=C\C/C=C\C/C=C\C/C=C\C/C=C\CCC(=O)OCC(COC(=O)CCCCCCCCCCC)OC(=O)CC/C=C\C/C=C\C/C=C\C/C=C\CC. The quantitative estimate of drug-likeness (QED) is 0.0266. The summed E-state index contributed by atoms with van der Waals surface area (Å²) >= 11 is 0. The number of allylic oxidation sites excluding steroid dienone is 20. The van der Waals surface area contributed by atoms with Crippen molar-refractivity contribution in [3.05, 3.63) is 122 Å². The summed E-state index contributed by atoms with van der Waals surface area (Å²) in [6, 6.07) is 0. The van der Waals surface area contributed by atoms with Gasteiger partial charge < -0.3 is 14.2 Å². The lowest BCUT2D eigenvalue weighted by Gasteiger charge is -2.18. The van der Waals surface area contributed by atoms with Gasteiger partial charge in [-0.1, -0.05) is 194 Å². The first-order chi connectivity index (χ1) is 29.0. The standard InChI is InChI=1S/C53H82O6/c1-4-7-10-13-16-19-21-23-24-25-26-27-28-30-31-34-37-40-43-46-52(55)58-49-50(48-57-51(54)45-42-39-36-33-18-15-12-9-6-3)59-53(56)47-44-41-38-35-32-29-22-20-17-14-11-8-5-2/h7-8,10-11,16-17,19-20,23-24,26-27,29-32,37-38,40-41,50H,4-6,9,12-15,18,21-22,25,28,33-36,39,42-49H2,1-3H3/b10-7-,11-8-,19-16-,20-17-,24-23-,27-26-,31-30-,32-29-,40-37-,41-38-. The van der Waals surface area contributed by atoms with Gasteiger partial charge in [0.25, 0.3) is 0 Å². The summed E-state index contributed by atoms with van der Waals surface area (Å²) < 4.78 is 16.5. The van der Waals surface area contributed by atoms with Crippen molar-refractivity contribution in [2.45, 2.75) is 181 Å². The fourth-order valence-corrected chi connectivity index (χ4v) is 5.60. The third kappa shape index (κ3) is 44.8. The summed E-state index contributed by atoms with van der Waals surface area (Å²) in [6.07, 6.45) is 63.5. The molecule has 59 heavy (non-hydrogen) atoms. The Morgan fingerprint density at radius 2 is 0.661 bits per heavy atom. The van der Waals surface area contributed by atoms with E-state index in [-0.39, 0.29) is 38.0 Å². The molecule has 0 rings (SSSR count). The van der Waals surface area contributed by atoms with E-state index in [1.165, 1.54) is 38.5 Å². The number of hydrogen-bond donors (Lipinski definition) is 0. The van der Waals surface area contributed by atoms with E-state index < -0.39 is 12.1 Å². The first kappa shape index (κ1) is 54.8. The van der Waals surface area contributed by atoms with Crippen LogP contribution in [-0.4, -0.2) is 37.2 Å². The number of hydrogen-bond acceptors (Lipinski definition) is 6. The van der Waals surface area contributed by atoms with Crippen LogP contribution in [0.1, 0.15) is 175 Å². The Labute approximate surface area is 361 Å². The lowest BCUT2D eigenvalue weighted by atomic mass is 10.1. The predicted molar refractivity (Wildman–Crippen MR) is 251 cm³/mol. The number of esters is 3. The second-order valence-electron chi connectivity index (χ2n) is 14.5. The molecular formula is C53H82O6. The summed E-state index contributed by atoms with van der Waals surface area (Å²) in [5, 5.41) is 0. The molecular weight excluding hydrogens is 733 g/mol. The average molecular weight is 815 g/mol. The van der Waals surface area contributed by atoms with E-state index >= 15 is 0 Å². The van der Waals surface area contributed by atoms with Gasteiger partial charge in [0.2, 0.25) is 0 Å². The first-order valence-corrected chi connectivity index (χ1v) is 23.0. The Balaban J connectivity index is 4.58. The van der Waals surface area contributed by atoms with Crippen molar-refractivity contribution in [2.24, 2.45) is 0 Å². The third-order valence-corrected chi connectivity index (χ3v) is 8.99. The van der Waals surface area contributed by atoms with Gasteiger partial charge in [0, 0.05) is 19.3 Å². The van der Waals surface area contributed by atoms with E-state index in [1.54, 1.807) is 0 Å². The zero-order valence-corrected chi connectivity index (χ0v) is 37.5. The number of ether oxygens (including phenoxy) is 3. The number of unbranched alkanes of at least 4 members (excludes halogenated alkanes) is 8. The van der Waals surface area contributed by atoms with Crippen LogP contribution in [-0.2, 0) is 28.6 Å². The van der Waals surface area contributed by atoms with Crippen LogP contribution in [0, 0.1) is 0 Å². The maximum Gasteiger partial charge on any atom is 0.306 e. The van der Waals surface area contributed by atoms with Gasteiger partial charge in [-0.15, -0.1) is 0 Å². The molecule has 1 unspecified atom stereocenters. The Hall–Kier alpha value is -4.19. The normalized spacial score (nSPS) is 13.2. The molecule has 0 N–H and O–H groups in total. The molecule has 0 radical (unpaired) electrons. The predicted octanol–water partition coefficient (Wildman–Crippen LogP) is 15.0. The average Bonchev–Trinajstić information content (AvgIpc) is 3.23. The van der Waals surface area contributed by atoms with Crippen molar-refractivity contribution >= 4 is 17.9 Å². The lowest BCUT2D eigenvalue weighted by Crippen LogP contribution is -2.30. The molecule has 0 aliphatic heterocycles. The van der Waals surface area contributed by atoms with Gasteiger partial charge in [0.1, 0.15) is 13.2 Å². The molecule has 330 valence electrons. The van der Waals surface area contributed by atoms with Gasteiger partial charge in [-0.25, -0.2) is 0 Å².